The Morgan fingerprint density at radius 3 is 2.38 bits per heavy atom. The Morgan fingerprint density at radius 1 is 1.14 bits per heavy atom. The van der Waals surface area contributed by atoms with Gasteiger partial charge < -0.3 is 10.4 Å². The van der Waals surface area contributed by atoms with Crippen LogP contribution < -0.4 is 5.32 Å². The first-order chi connectivity index (χ1) is 9.86. The van der Waals surface area contributed by atoms with E-state index in [1.54, 1.807) is 0 Å². The predicted molar refractivity (Wildman–Crippen MR) is 67.8 cm³/mol. The molecular weight excluding hydrogens is 287 g/mol. The van der Waals surface area contributed by atoms with E-state index >= 15 is 0 Å². The topological polar surface area (TPSA) is 75.1 Å². The van der Waals surface area contributed by atoms with Gasteiger partial charge in [-0.25, -0.2) is 9.78 Å². The second-order valence-corrected chi connectivity index (χ2v) is 4.14. The lowest BCUT2D eigenvalue weighted by molar-refractivity contribution is -0.141. The minimum atomic E-state index is -4.46. The van der Waals surface area contributed by atoms with Crippen molar-refractivity contribution >= 4 is 11.8 Å². The van der Waals surface area contributed by atoms with Crippen LogP contribution in [0.3, 0.4) is 0 Å². The van der Waals surface area contributed by atoms with Gasteiger partial charge in [0.25, 0.3) is 0 Å². The summed E-state index contributed by atoms with van der Waals surface area (Å²) in [5.41, 5.74) is -0.348. The average molecular weight is 297 g/mol. The number of carboxylic acids is 1. The first-order valence-corrected chi connectivity index (χ1v) is 5.81. The van der Waals surface area contributed by atoms with E-state index in [0.29, 0.717) is 11.4 Å². The number of aromatic nitrogens is 2. The first-order valence-electron chi connectivity index (χ1n) is 5.81. The van der Waals surface area contributed by atoms with Gasteiger partial charge in [0.1, 0.15) is 11.5 Å². The number of halogens is 3. The van der Waals surface area contributed by atoms with Gasteiger partial charge in [0.05, 0.1) is 5.56 Å². The molecule has 0 spiro atoms. The molecule has 0 saturated heterocycles. The summed E-state index contributed by atoms with van der Waals surface area (Å²) in [4.78, 5) is 17.9. The van der Waals surface area contributed by atoms with Gasteiger partial charge in [0, 0.05) is 18.9 Å². The monoisotopic (exact) mass is 297 g/mol. The van der Waals surface area contributed by atoms with Crippen LogP contribution in [0, 0.1) is 0 Å². The predicted octanol–water partition coefficient (Wildman–Crippen LogP) is 2.81. The van der Waals surface area contributed by atoms with E-state index in [-0.39, 0.29) is 12.1 Å². The smallest absolute Gasteiger partial charge is 0.433 e. The Bertz CT molecular complexity index is 625. The number of anilines is 1. The van der Waals surface area contributed by atoms with E-state index in [1.165, 1.54) is 24.4 Å². The minimum absolute atomic E-state index is 0.0525. The molecule has 0 saturated carbocycles. The lowest BCUT2D eigenvalue weighted by Gasteiger charge is -2.08. The fraction of sp³-hybridized carbons (Fsp3) is 0.154. The van der Waals surface area contributed by atoms with Crippen molar-refractivity contribution < 1.29 is 23.1 Å². The molecule has 0 radical (unpaired) electrons. The van der Waals surface area contributed by atoms with Crippen LogP contribution in [0.2, 0.25) is 0 Å². The zero-order chi connectivity index (χ0) is 15.5. The highest BCUT2D eigenvalue weighted by Gasteiger charge is 2.31. The molecule has 2 rings (SSSR count). The molecule has 21 heavy (non-hydrogen) atoms. The summed E-state index contributed by atoms with van der Waals surface area (Å²) in [6.07, 6.45) is -2.14. The van der Waals surface area contributed by atoms with Gasteiger partial charge >= 0.3 is 12.1 Å². The number of alkyl halides is 3. The molecular formula is C13H10F3N3O2. The highest BCUT2D eigenvalue weighted by atomic mass is 19.4. The van der Waals surface area contributed by atoms with E-state index in [2.05, 4.69) is 15.3 Å². The SMILES string of the molecule is O=C(O)c1ccc(NCc2ccc(C(F)(F)F)nc2)nc1. The van der Waals surface area contributed by atoms with Gasteiger partial charge in [0.2, 0.25) is 0 Å². The van der Waals surface area contributed by atoms with Crippen LogP contribution in [0.1, 0.15) is 21.6 Å². The second-order valence-electron chi connectivity index (χ2n) is 4.14. The summed E-state index contributed by atoms with van der Waals surface area (Å²) in [5, 5.41) is 11.6. The molecule has 0 atom stereocenters. The van der Waals surface area contributed by atoms with Crippen LogP contribution in [0.15, 0.2) is 36.7 Å². The van der Waals surface area contributed by atoms with Crippen LogP contribution in [0.5, 0.6) is 0 Å². The molecule has 2 N–H and O–H groups in total. The number of carboxylic acid groups (broad SMARTS) is 1. The lowest BCUT2D eigenvalue weighted by Crippen LogP contribution is -2.09. The number of aromatic carboxylic acids is 1. The Morgan fingerprint density at radius 2 is 1.90 bits per heavy atom. The standard InChI is InChI=1S/C13H10F3N3O2/c14-13(15,16)10-3-1-8(5-17-10)6-18-11-4-2-9(7-19-11)12(20)21/h1-5,7H,6H2,(H,18,19)(H,20,21). The van der Waals surface area contributed by atoms with E-state index in [0.717, 1.165) is 12.3 Å². The third-order valence-corrected chi connectivity index (χ3v) is 2.60. The number of rotatable bonds is 4. The molecule has 5 nitrogen and oxygen atoms in total. The van der Waals surface area contributed by atoms with E-state index in [9.17, 15) is 18.0 Å². The molecule has 8 heteroatoms. The molecule has 0 bridgehead atoms. The molecule has 2 aromatic heterocycles. The van der Waals surface area contributed by atoms with Gasteiger partial charge in [-0.1, -0.05) is 6.07 Å². The molecule has 0 amide bonds. The second kappa shape index (κ2) is 5.78. The van der Waals surface area contributed by atoms with Gasteiger partial charge in [-0.15, -0.1) is 0 Å². The van der Waals surface area contributed by atoms with Gasteiger partial charge in [-0.05, 0) is 23.8 Å². The summed E-state index contributed by atoms with van der Waals surface area (Å²) in [6.45, 7) is 0.227. The van der Waals surface area contributed by atoms with E-state index in [4.69, 9.17) is 5.11 Å². The fourth-order valence-corrected chi connectivity index (χ4v) is 1.51. The van der Waals surface area contributed by atoms with Crippen LogP contribution in [-0.4, -0.2) is 21.0 Å². The third-order valence-electron chi connectivity index (χ3n) is 2.60. The molecule has 0 unspecified atom stereocenters. The Balaban J connectivity index is 1.98. The van der Waals surface area contributed by atoms with Crippen LogP contribution in [-0.2, 0) is 12.7 Å². The van der Waals surface area contributed by atoms with Crippen molar-refractivity contribution in [3.8, 4) is 0 Å². The maximum Gasteiger partial charge on any atom is 0.433 e. The van der Waals surface area contributed by atoms with Crippen LogP contribution in [0.4, 0.5) is 19.0 Å². The normalized spacial score (nSPS) is 11.2. The quantitative estimate of drug-likeness (QED) is 0.907. The van der Waals surface area contributed by atoms with Crippen LogP contribution in [0.25, 0.3) is 0 Å². The number of carbonyl (C=O) groups is 1. The van der Waals surface area contributed by atoms with Gasteiger partial charge in [0.15, 0.2) is 0 Å². The van der Waals surface area contributed by atoms with Crippen molar-refractivity contribution in [3.05, 3.63) is 53.5 Å². The van der Waals surface area contributed by atoms with Crippen molar-refractivity contribution in [1.82, 2.24) is 9.97 Å². The summed E-state index contributed by atoms with van der Waals surface area (Å²) >= 11 is 0. The Labute approximate surface area is 117 Å². The van der Waals surface area contributed by atoms with Crippen molar-refractivity contribution in [2.45, 2.75) is 12.7 Å². The summed E-state index contributed by atoms with van der Waals surface area (Å²) < 4.78 is 37.0. The molecule has 0 aliphatic rings. The minimum Gasteiger partial charge on any atom is -0.478 e. The van der Waals surface area contributed by atoms with Crippen LogP contribution >= 0.6 is 0 Å². The lowest BCUT2D eigenvalue weighted by atomic mass is 10.2. The molecule has 0 aliphatic heterocycles. The van der Waals surface area contributed by atoms with Crippen molar-refractivity contribution in [3.63, 3.8) is 0 Å². The molecule has 110 valence electrons. The number of pyridine rings is 2. The summed E-state index contributed by atoms with van der Waals surface area (Å²) in [7, 11) is 0. The number of hydrogen-bond donors (Lipinski definition) is 2. The molecule has 0 aromatic carbocycles. The van der Waals surface area contributed by atoms with Crippen molar-refractivity contribution in [2.75, 3.05) is 5.32 Å². The highest BCUT2D eigenvalue weighted by Crippen LogP contribution is 2.27. The van der Waals surface area contributed by atoms with E-state index < -0.39 is 17.8 Å². The maximum absolute atomic E-state index is 12.3. The zero-order valence-corrected chi connectivity index (χ0v) is 10.6. The third kappa shape index (κ3) is 3.91. The number of hydrogen-bond acceptors (Lipinski definition) is 4. The van der Waals surface area contributed by atoms with E-state index in [1.807, 2.05) is 0 Å². The summed E-state index contributed by atoms with van der Waals surface area (Å²) in [5.74, 6) is -0.666. The highest BCUT2D eigenvalue weighted by molar-refractivity contribution is 5.87. The Kier molecular flexibility index (Phi) is 4.06. The maximum atomic E-state index is 12.3. The fourth-order valence-electron chi connectivity index (χ4n) is 1.51. The summed E-state index contributed by atoms with van der Waals surface area (Å²) in [6, 6.07) is 5.07. The molecule has 2 heterocycles. The molecule has 0 aliphatic carbocycles. The van der Waals surface area contributed by atoms with Crippen molar-refractivity contribution in [1.29, 1.82) is 0 Å². The molecule has 2 aromatic rings. The zero-order valence-electron chi connectivity index (χ0n) is 10.6. The van der Waals surface area contributed by atoms with Gasteiger partial charge in [-0.3, -0.25) is 4.98 Å². The Hall–Kier alpha value is -2.64. The number of nitrogens with one attached hydrogen (secondary N) is 1. The van der Waals surface area contributed by atoms with Gasteiger partial charge in [-0.2, -0.15) is 13.2 Å². The largest absolute Gasteiger partial charge is 0.478 e. The molecule has 0 fully saturated rings. The number of nitrogens with zero attached hydrogens (tertiary/aromatic N) is 2. The first kappa shape index (κ1) is 14.8. The van der Waals surface area contributed by atoms with Crippen molar-refractivity contribution in [2.24, 2.45) is 0 Å². The average Bonchev–Trinajstić information content (AvgIpc) is 2.45.